The number of nitrogens with zero attached hydrogens (tertiary/aromatic N) is 7. The SMILES string of the molecule is O=C(c1cc2ncc(Br)cn2n1)N1CCn2c(ccc2-c2ccncn2)C1. The second kappa shape index (κ2) is 6.27. The monoisotopic (exact) mass is 423 g/mol. The first kappa shape index (κ1) is 16.1. The van der Waals surface area contributed by atoms with Crippen molar-refractivity contribution >= 4 is 27.5 Å². The van der Waals surface area contributed by atoms with Gasteiger partial charge in [-0.15, -0.1) is 0 Å². The smallest absolute Gasteiger partial charge is 0.274 e. The van der Waals surface area contributed by atoms with E-state index < -0.39 is 0 Å². The van der Waals surface area contributed by atoms with E-state index >= 15 is 0 Å². The van der Waals surface area contributed by atoms with Crippen LogP contribution in [0.15, 0.2) is 53.7 Å². The van der Waals surface area contributed by atoms with Crippen molar-refractivity contribution in [1.29, 1.82) is 0 Å². The van der Waals surface area contributed by atoms with Gasteiger partial charge in [0.15, 0.2) is 11.3 Å². The van der Waals surface area contributed by atoms with E-state index in [1.807, 2.05) is 23.1 Å². The van der Waals surface area contributed by atoms with Gasteiger partial charge < -0.3 is 9.47 Å². The molecule has 9 heteroatoms. The number of carbonyl (C=O) groups excluding carboxylic acids is 1. The summed E-state index contributed by atoms with van der Waals surface area (Å²) in [6, 6.07) is 7.69. The molecule has 1 aliphatic heterocycles. The lowest BCUT2D eigenvalue weighted by Crippen LogP contribution is -2.38. The van der Waals surface area contributed by atoms with Crippen LogP contribution in [0.4, 0.5) is 0 Å². The molecule has 0 radical (unpaired) electrons. The van der Waals surface area contributed by atoms with Crippen molar-refractivity contribution in [3.8, 4) is 11.4 Å². The van der Waals surface area contributed by atoms with Crippen LogP contribution in [0, 0.1) is 0 Å². The van der Waals surface area contributed by atoms with E-state index in [0.29, 0.717) is 31.0 Å². The van der Waals surface area contributed by atoms with Gasteiger partial charge in [-0.2, -0.15) is 5.10 Å². The quantitative estimate of drug-likeness (QED) is 0.494. The molecule has 4 aromatic rings. The third kappa shape index (κ3) is 2.80. The number of hydrogen-bond donors (Lipinski definition) is 0. The average Bonchev–Trinajstić information content (AvgIpc) is 3.31. The molecule has 5 rings (SSSR count). The Bertz CT molecular complexity index is 1150. The summed E-state index contributed by atoms with van der Waals surface area (Å²) >= 11 is 3.36. The van der Waals surface area contributed by atoms with Crippen molar-refractivity contribution in [2.45, 2.75) is 13.1 Å². The van der Waals surface area contributed by atoms with Crippen LogP contribution in [0.5, 0.6) is 0 Å². The highest BCUT2D eigenvalue weighted by Crippen LogP contribution is 2.25. The summed E-state index contributed by atoms with van der Waals surface area (Å²) in [4.78, 5) is 27.3. The lowest BCUT2D eigenvalue weighted by Gasteiger charge is -2.29. The molecule has 5 heterocycles. The van der Waals surface area contributed by atoms with Crippen LogP contribution in [-0.2, 0) is 13.1 Å². The standard InChI is InChI=1S/C18H14BrN7O/c19-12-8-21-17-7-15(23-26(17)9-12)18(27)24-5-6-25-13(10-24)1-2-16(25)14-3-4-20-11-22-14/h1-4,7-9,11H,5-6,10H2. The van der Waals surface area contributed by atoms with E-state index in [4.69, 9.17) is 0 Å². The Morgan fingerprint density at radius 3 is 2.93 bits per heavy atom. The number of fused-ring (bicyclic) bond motifs is 2. The number of hydrogen-bond acceptors (Lipinski definition) is 5. The van der Waals surface area contributed by atoms with Gasteiger partial charge in [-0.1, -0.05) is 0 Å². The summed E-state index contributed by atoms with van der Waals surface area (Å²) in [7, 11) is 0. The summed E-state index contributed by atoms with van der Waals surface area (Å²) in [6.07, 6.45) is 6.75. The molecule has 0 fully saturated rings. The van der Waals surface area contributed by atoms with Crippen molar-refractivity contribution in [2.75, 3.05) is 6.54 Å². The molecule has 27 heavy (non-hydrogen) atoms. The normalized spacial score (nSPS) is 13.7. The van der Waals surface area contributed by atoms with Crippen molar-refractivity contribution in [1.82, 2.24) is 34.0 Å². The zero-order chi connectivity index (χ0) is 18.4. The maximum absolute atomic E-state index is 12.9. The van der Waals surface area contributed by atoms with Crippen LogP contribution in [0.2, 0.25) is 0 Å². The van der Waals surface area contributed by atoms with Crippen molar-refractivity contribution < 1.29 is 4.79 Å². The Morgan fingerprint density at radius 2 is 2.07 bits per heavy atom. The van der Waals surface area contributed by atoms with Crippen molar-refractivity contribution in [2.24, 2.45) is 0 Å². The van der Waals surface area contributed by atoms with Gasteiger partial charge in [0, 0.05) is 43.4 Å². The third-order valence-electron chi connectivity index (χ3n) is 4.65. The predicted octanol–water partition coefficient (Wildman–Crippen LogP) is 2.41. The molecule has 0 unspecified atom stereocenters. The average molecular weight is 424 g/mol. The number of carbonyl (C=O) groups is 1. The van der Waals surface area contributed by atoms with Gasteiger partial charge in [-0.25, -0.2) is 19.5 Å². The molecule has 4 aromatic heterocycles. The lowest BCUT2D eigenvalue weighted by molar-refractivity contribution is 0.0705. The van der Waals surface area contributed by atoms with Crippen LogP contribution in [0.25, 0.3) is 17.0 Å². The summed E-state index contributed by atoms with van der Waals surface area (Å²) in [6.45, 7) is 1.86. The summed E-state index contributed by atoms with van der Waals surface area (Å²) in [5.74, 6) is -0.0901. The summed E-state index contributed by atoms with van der Waals surface area (Å²) in [5.41, 5.74) is 4.05. The topological polar surface area (TPSA) is 81.2 Å². The number of halogens is 1. The van der Waals surface area contributed by atoms with Crippen LogP contribution < -0.4 is 0 Å². The predicted molar refractivity (Wildman–Crippen MR) is 101 cm³/mol. The Balaban J connectivity index is 1.42. The molecule has 0 atom stereocenters. The number of rotatable bonds is 2. The minimum absolute atomic E-state index is 0.0901. The van der Waals surface area contributed by atoms with Gasteiger partial charge in [0.25, 0.3) is 5.91 Å². The Labute approximate surface area is 162 Å². The Hall–Kier alpha value is -3.07. The summed E-state index contributed by atoms with van der Waals surface area (Å²) < 4.78 is 4.62. The van der Waals surface area contributed by atoms with E-state index in [1.54, 1.807) is 35.5 Å². The molecular weight excluding hydrogens is 410 g/mol. The minimum atomic E-state index is -0.0901. The molecule has 0 saturated carbocycles. The van der Waals surface area contributed by atoms with Crippen LogP contribution in [0.3, 0.4) is 0 Å². The largest absolute Gasteiger partial charge is 0.340 e. The van der Waals surface area contributed by atoms with E-state index in [9.17, 15) is 4.79 Å². The second-order valence-corrected chi connectivity index (χ2v) is 7.20. The van der Waals surface area contributed by atoms with Crippen LogP contribution in [-0.4, -0.2) is 46.5 Å². The van der Waals surface area contributed by atoms with E-state index in [-0.39, 0.29) is 5.91 Å². The maximum atomic E-state index is 12.9. The first-order valence-electron chi connectivity index (χ1n) is 8.44. The first-order chi connectivity index (χ1) is 13.2. The number of aromatic nitrogens is 6. The minimum Gasteiger partial charge on any atom is -0.340 e. The van der Waals surface area contributed by atoms with Gasteiger partial charge in [0.2, 0.25) is 0 Å². The molecule has 0 aliphatic carbocycles. The molecule has 8 nitrogen and oxygen atoms in total. The highest BCUT2D eigenvalue weighted by atomic mass is 79.9. The molecule has 1 aliphatic rings. The molecule has 0 spiro atoms. The fraction of sp³-hybridized carbons (Fsp3) is 0.167. The highest BCUT2D eigenvalue weighted by molar-refractivity contribution is 9.10. The summed E-state index contributed by atoms with van der Waals surface area (Å²) in [5, 5.41) is 4.37. The van der Waals surface area contributed by atoms with Gasteiger partial charge in [-0.3, -0.25) is 4.79 Å². The molecule has 0 saturated heterocycles. The van der Waals surface area contributed by atoms with Gasteiger partial charge in [0.1, 0.15) is 6.33 Å². The lowest BCUT2D eigenvalue weighted by atomic mass is 10.2. The third-order valence-corrected chi connectivity index (χ3v) is 5.06. The zero-order valence-electron chi connectivity index (χ0n) is 14.2. The molecular formula is C18H14BrN7O. The van der Waals surface area contributed by atoms with Gasteiger partial charge in [-0.05, 0) is 34.1 Å². The molecule has 0 bridgehead atoms. The van der Waals surface area contributed by atoms with E-state index in [2.05, 4.69) is 40.5 Å². The first-order valence-corrected chi connectivity index (χ1v) is 9.23. The highest BCUT2D eigenvalue weighted by Gasteiger charge is 2.25. The second-order valence-electron chi connectivity index (χ2n) is 6.29. The van der Waals surface area contributed by atoms with E-state index in [0.717, 1.165) is 21.6 Å². The fourth-order valence-corrected chi connectivity index (χ4v) is 3.66. The van der Waals surface area contributed by atoms with E-state index in [1.165, 1.54) is 0 Å². The molecule has 0 N–H and O–H groups in total. The fourth-order valence-electron chi connectivity index (χ4n) is 3.37. The van der Waals surface area contributed by atoms with Gasteiger partial charge in [0.05, 0.1) is 22.4 Å². The zero-order valence-corrected chi connectivity index (χ0v) is 15.7. The van der Waals surface area contributed by atoms with Gasteiger partial charge >= 0.3 is 0 Å². The van der Waals surface area contributed by atoms with Crippen molar-refractivity contribution in [3.63, 3.8) is 0 Å². The molecule has 0 aromatic carbocycles. The molecule has 1 amide bonds. The van der Waals surface area contributed by atoms with Crippen LogP contribution in [0.1, 0.15) is 16.2 Å². The Morgan fingerprint density at radius 1 is 1.15 bits per heavy atom. The van der Waals surface area contributed by atoms with Crippen molar-refractivity contribution in [3.05, 3.63) is 65.0 Å². The molecule has 134 valence electrons. The maximum Gasteiger partial charge on any atom is 0.274 e. The van der Waals surface area contributed by atoms with Crippen LogP contribution >= 0.6 is 15.9 Å². The Kier molecular flexibility index (Phi) is 3.75. The number of amides is 1.